The van der Waals surface area contributed by atoms with Crippen molar-refractivity contribution in [3.8, 4) is 0 Å². The molecule has 8 nitrogen and oxygen atoms in total. The van der Waals surface area contributed by atoms with E-state index in [1.165, 1.54) is 50.1 Å². The van der Waals surface area contributed by atoms with Crippen LogP contribution in [-0.2, 0) is 0 Å². The minimum Gasteiger partial charge on any atom is -0.365 e. The second-order valence-corrected chi connectivity index (χ2v) is 7.70. The van der Waals surface area contributed by atoms with Gasteiger partial charge in [0.1, 0.15) is 11.0 Å². The highest BCUT2D eigenvalue weighted by molar-refractivity contribution is 7.12. The zero-order valence-electron chi connectivity index (χ0n) is 14.8. The zero-order chi connectivity index (χ0) is 18.1. The molecule has 1 aliphatic carbocycles. The van der Waals surface area contributed by atoms with Crippen LogP contribution in [0.25, 0.3) is 21.4 Å². The van der Waals surface area contributed by atoms with Gasteiger partial charge in [-0.3, -0.25) is 0 Å². The van der Waals surface area contributed by atoms with Gasteiger partial charge in [-0.15, -0.1) is 5.10 Å². The average molecular weight is 380 g/mol. The highest BCUT2D eigenvalue weighted by Gasteiger charge is 2.16. The number of imidazole rings is 1. The topological polar surface area (TPSA) is 104 Å². The number of nitrogens with one attached hydrogen (secondary N) is 3. The lowest BCUT2D eigenvalue weighted by Gasteiger charge is -2.17. The van der Waals surface area contributed by atoms with Crippen molar-refractivity contribution in [1.82, 2.24) is 29.5 Å². The second-order valence-electron chi connectivity index (χ2n) is 6.91. The first kappa shape index (κ1) is 16.4. The van der Waals surface area contributed by atoms with Crippen LogP contribution in [0.4, 0.5) is 17.5 Å². The summed E-state index contributed by atoms with van der Waals surface area (Å²) in [4.78, 5) is 16.7. The van der Waals surface area contributed by atoms with Gasteiger partial charge in [0.15, 0.2) is 11.5 Å². The number of H-pyrrole nitrogens is 1. The molecule has 1 aromatic carbocycles. The van der Waals surface area contributed by atoms with Crippen LogP contribution >= 0.6 is 11.5 Å². The van der Waals surface area contributed by atoms with Gasteiger partial charge >= 0.3 is 0 Å². The molecule has 0 atom stereocenters. The average Bonchev–Trinajstić information content (AvgIpc) is 3.26. The molecule has 0 aliphatic heterocycles. The third-order valence-electron chi connectivity index (χ3n) is 4.98. The van der Waals surface area contributed by atoms with Crippen LogP contribution in [0.15, 0.2) is 24.5 Å². The van der Waals surface area contributed by atoms with Gasteiger partial charge in [0, 0.05) is 11.7 Å². The van der Waals surface area contributed by atoms with E-state index >= 15 is 0 Å². The predicted octanol–water partition coefficient (Wildman–Crippen LogP) is 4.24. The van der Waals surface area contributed by atoms with E-state index in [-0.39, 0.29) is 0 Å². The number of hydrogen-bond acceptors (Lipinski definition) is 8. The molecule has 0 unspecified atom stereocenters. The summed E-state index contributed by atoms with van der Waals surface area (Å²) in [6.45, 7) is 0. The smallest absolute Gasteiger partial charge is 0.231 e. The number of fused-ring (bicyclic) bond motifs is 2. The fraction of sp³-hybridized carbons (Fsp3) is 0.389. The monoisotopic (exact) mass is 380 g/mol. The van der Waals surface area contributed by atoms with E-state index in [1.54, 1.807) is 6.33 Å². The van der Waals surface area contributed by atoms with Crippen LogP contribution in [0.5, 0.6) is 0 Å². The fourth-order valence-corrected chi connectivity index (χ4v) is 4.14. The summed E-state index contributed by atoms with van der Waals surface area (Å²) in [7, 11) is 0. The maximum atomic E-state index is 4.72. The lowest BCUT2D eigenvalue weighted by molar-refractivity contribution is 0.618. The highest BCUT2D eigenvalue weighted by Crippen LogP contribution is 2.26. The van der Waals surface area contributed by atoms with E-state index in [9.17, 15) is 0 Å². The molecule has 0 radical (unpaired) electrons. The van der Waals surface area contributed by atoms with Crippen LogP contribution < -0.4 is 10.6 Å². The van der Waals surface area contributed by atoms with Crippen molar-refractivity contribution in [2.45, 2.75) is 44.6 Å². The van der Waals surface area contributed by atoms with Gasteiger partial charge in [0.05, 0.1) is 11.0 Å². The van der Waals surface area contributed by atoms with Gasteiger partial charge in [0.2, 0.25) is 5.95 Å². The van der Waals surface area contributed by atoms with Crippen LogP contribution in [0.1, 0.15) is 38.5 Å². The van der Waals surface area contributed by atoms with Crippen molar-refractivity contribution in [3.05, 3.63) is 24.5 Å². The highest BCUT2D eigenvalue weighted by atomic mass is 32.1. The van der Waals surface area contributed by atoms with Crippen molar-refractivity contribution in [1.29, 1.82) is 0 Å². The third-order valence-corrected chi connectivity index (χ3v) is 5.69. The number of aromatic amines is 1. The molecule has 4 aromatic rings. The molecule has 3 heterocycles. The normalized spacial score (nSPS) is 15.9. The summed E-state index contributed by atoms with van der Waals surface area (Å²) in [6, 6.07) is 6.38. The summed E-state index contributed by atoms with van der Waals surface area (Å²) < 4.78 is 5.03. The van der Waals surface area contributed by atoms with Crippen LogP contribution in [0.3, 0.4) is 0 Å². The number of aromatic nitrogens is 6. The van der Waals surface area contributed by atoms with E-state index in [1.807, 2.05) is 18.2 Å². The second kappa shape index (κ2) is 7.07. The Balaban J connectivity index is 1.45. The SMILES string of the molecule is c1nc2nc(Nc3ccc4snnc4c3)nc(NC3CCCCCC3)c2[nH]1. The number of anilines is 3. The number of rotatable bonds is 4. The van der Waals surface area contributed by atoms with E-state index in [0.717, 1.165) is 27.2 Å². The quantitative estimate of drug-likeness (QED) is 0.455. The standard InChI is InChI=1S/C18H20N8S/c1-2-4-6-11(5-3-1)21-17-15-16(20-10-19-15)23-18(24-17)22-12-7-8-14-13(9-12)25-26-27-14/h7-11H,1-6H2,(H3,19,20,21,22,23,24). The van der Waals surface area contributed by atoms with E-state index < -0.39 is 0 Å². The van der Waals surface area contributed by atoms with E-state index in [4.69, 9.17) is 4.98 Å². The molecule has 138 valence electrons. The van der Waals surface area contributed by atoms with Crippen LogP contribution in [0, 0.1) is 0 Å². The van der Waals surface area contributed by atoms with Gasteiger partial charge in [0.25, 0.3) is 0 Å². The molecule has 0 saturated heterocycles. The minimum atomic E-state index is 0.444. The Morgan fingerprint density at radius 2 is 1.96 bits per heavy atom. The Hall–Kier alpha value is -2.81. The van der Waals surface area contributed by atoms with Gasteiger partial charge in [-0.1, -0.05) is 30.2 Å². The fourth-order valence-electron chi connectivity index (χ4n) is 3.60. The molecular weight excluding hydrogens is 360 g/mol. The van der Waals surface area contributed by atoms with Crippen LogP contribution in [0.2, 0.25) is 0 Å². The first-order chi connectivity index (χ1) is 13.3. The maximum absolute atomic E-state index is 4.72. The van der Waals surface area contributed by atoms with Crippen molar-refractivity contribution in [3.63, 3.8) is 0 Å². The van der Waals surface area contributed by atoms with Gasteiger partial charge in [-0.2, -0.15) is 9.97 Å². The van der Waals surface area contributed by atoms with E-state index in [2.05, 4.69) is 35.2 Å². The predicted molar refractivity (Wildman–Crippen MR) is 107 cm³/mol. The molecule has 1 aliphatic rings. The molecule has 3 aromatic heterocycles. The molecule has 0 amide bonds. The number of nitrogens with zero attached hydrogens (tertiary/aromatic N) is 5. The first-order valence-corrected chi connectivity index (χ1v) is 10.1. The Morgan fingerprint density at radius 1 is 1.07 bits per heavy atom. The van der Waals surface area contributed by atoms with Crippen molar-refractivity contribution < 1.29 is 0 Å². The molecular formula is C18H20N8S. The summed E-state index contributed by atoms with van der Waals surface area (Å²) >= 11 is 1.38. The molecule has 0 bridgehead atoms. The van der Waals surface area contributed by atoms with Gasteiger partial charge < -0.3 is 15.6 Å². The van der Waals surface area contributed by atoms with Crippen molar-refractivity contribution >= 4 is 50.4 Å². The molecule has 27 heavy (non-hydrogen) atoms. The third kappa shape index (κ3) is 3.42. The maximum Gasteiger partial charge on any atom is 0.231 e. The number of hydrogen-bond donors (Lipinski definition) is 3. The summed E-state index contributed by atoms with van der Waals surface area (Å²) in [5.41, 5.74) is 3.25. The zero-order valence-corrected chi connectivity index (χ0v) is 15.6. The Labute approximate surface area is 160 Å². The molecule has 1 saturated carbocycles. The Morgan fingerprint density at radius 3 is 2.85 bits per heavy atom. The van der Waals surface area contributed by atoms with Gasteiger partial charge in [-0.25, -0.2) is 4.98 Å². The van der Waals surface area contributed by atoms with Gasteiger partial charge in [-0.05, 0) is 42.6 Å². The molecule has 9 heteroatoms. The summed E-state index contributed by atoms with van der Waals surface area (Å²) in [5, 5.41) is 11.0. The summed E-state index contributed by atoms with van der Waals surface area (Å²) in [6.07, 6.45) is 9.19. The largest absolute Gasteiger partial charge is 0.365 e. The molecule has 0 spiro atoms. The van der Waals surface area contributed by atoms with E-state index in [0.29, 0.717) is 17.6 Å². The van der Waals surface area contributed by atoms with Crippen molar-refractivity contribution in [2.24, 2.45) is 0 Å². The summed E-state index contributed by atoms with van der Waals surface area (Å²) in [5.74, 6) is 1.33. The first-order valence-electron chi connectivity index (χ1n) is 9.32. The van der Waals surface area contributed by atoms with Crippen LogP contribution in [-0.4, -0.2) is 35.6 Å². The lowest BCUT2D eigenvalue weighted by Crippen LogP contribution is -2.19. The molecule has 5 rings (SSSR count). The minimum absolute atomic E-state index is 0.444. The molecule has 3 N–H and O–H groups in total. The lowest BCUT2D eigenvalue weighted by atomic mass is 10.1. The molecule has 1 fully saturated rings. The Kier molecular flexibility index (Phi) is 4.29. The Bertz CT molecular complexity index is 1060. The number of benzene rings is 1. The van der Waals surface area contributed by atoms with Crippen molar-refractivity contribution in [2.75, 3.05) is 10.6 Å².